The molecule has 6 nitrogen and oxygen atoms in total. The van der Waals surface area contributed by atoms with Crippen LogP contribution in [0.5, 0.6) is 11.5 Å². The van der Waals surface area contributed by atoms with Gasteiger partial charge >= 0.3 is 0 Å². The van der Waals surface area contributed by atoms with Crippen molar-refractivity contribution in [2.24, 2.45) is 0 Å². The summed E-state index contributed by atoms with van der Waals surface area (Å²) in [5, 5.41) is 0. The topological polar surface area (TPSA) is 51.2 Å². The van der Waals surface area contributed by atoms with Crippen molar-refractivity contribution in [3.05, 3.63) is 59.4 Å². The third-order valence-electron chi connectivity index (χ3n) is 5.22. The first-order valence-corrected chi connectivity index (χ1v) is 10.2. The molecule has 0 radical (unpaired) electrons. The molecule has 0 saturated carbocycles. The zero-order valence-electron chi connectivity index (χ0n) is 17.6. The lowest BCUT2D eigenvalue weighted by molar-refractivity contribution is 0.0355. The zero-order valence-corrected chi connectivity index (χ0v) is 17.6. The van der Waals surface area contributed by atoms with E-state index < -0.39 is 5.82 Å². The number of rotatable bonds is 9. The number of carbonyl (C=O) groups is 1. The molecule has 0 bridgehead atoms. The van der Waals surface area contributed by atoms with Crippen LogP contribution in [0, 0.1) is 5.82 Å². The van der Waals surface area contributed by atoms with E-state index in [1.807, 2.05) is 18.2 Å². The molecular weight excluding hydrogens is 387 g/mol. The van der Waals surface area contributed by atoms with E-state index in [0.717, 1.165) is 44.8 Å². The molecule has 30 heavy (non-hydrogen) atoms. The van der Waals surface area contributed by atoms with E-state index >= 15 is 0 Å². The Labute approximate surface area is 177 Å². The molecule has 1 fully saturated rings. The minimum absolute atomic E-state index is 0.0874. The molecule has 3 rings (SSSR count). The lowest BCUT2D eigenvalue weighted by Gasteiger charge is -2.28. The van der Waals surface area contributed by atoms with Gasteiger partial charge in [0.15, 0.2) is 11.5 Å². The van der Waals surface area contributed by atoms with E-state index in [4.69, 9.17) is 14.2 Å². The summed E-state index contributed by atoms with van der Waals surface area (Å²) in [6.45, 7) is 5.03. The van der Waals surface area contributed by atoms with Gasteiger partial charge in [-0.15, -0.1) is 0 Å². The predicted molar refractivity (Wildman–Crippen MR) is 113 cm³/mol. The van der Waals surface area contributed by atoms with Crippen LogP contribution >= 0.6 is 0 Å². The van der Waals surface area contributed by atoms with Crippen LogP contribution in [0.3, 0.4) is 0 Å². The van der Waals surface area contributed by atoms with Crippen LogP contribution in [-0.4, -0.2) is 69.3 Å². The van der Waals surface area contributed by atoms with Gasteiger partial charge in [0.2, 0.25) is 0 Å². The number of ether oxygens (including phenoxy) is 3. The third-order valence-corrected chi connectivity index (χ3v) is 5.22. The Bertz CT molecular complexity index is 840. The quantitative estimate of drug-likeness (QED) is 0.628. The number of carbonyl (C=O) groups excluding carboxylic acids is 1. The van der Waals surface area contributed by atoms with Gasteiger partial charge in [-0.05, 0) is 36.2 Å². The Morgan fingerprint density at radius 1 is 1.10 bits per heavy atom. The van der Waals surface area contributed by atoms with E-state index in [1.165, 1.54) is 12.1 Å². The van der Waals surface area contributed by atoms with Crippen molar-refractivity contribution >= 4 is 5.91 Å². The Morgan fingerprint density at radius 2 is 1.83 bits per heavy atom. The number of hydrogen-bond acceptors (Lipinski definition) is 5. The van der Waals surface area contributed by atoms with Crippen molar-refractivity contribution in [1.82, 2.24) is 9.80 Å². The molecular formula is C23H29FN2O4. The van der Waals surface area contributed by atoms with Gasteiger partial charge in [-0.2, -0.15) is 0 Å². The van der Waals surface area contributed by atoms with Gasteiger partial charge < -0.3 is 19.1 Å². The molecule has 2 aromatic rings. The highest BCUT2D eigenvalue weighted by molar-refractivity contribution is 5.94. The molecule has 0 aromatic heterocycles. The van der Waals surface area contributed by atoms with Crippen LogP contribution in [0.1, 0.15) is 22.3 Å². The number of morpholine rings is 1. The van der Waals surface area contributed by atoms with Crippen LogP contribution in [0.4, 0.5) is 4.39 Å². The molecule has 0 unspecified atom stereocenters. The second-order valence-electron chi connectivity index (χ2n) is 7.20. The minimum Gasteiger partial charge on any atom is -0.493 e. The lowest BCUT2D eigenvalue weighted by Crippen LogP contribution is -2.39. The highest BCUT2D eigenvalue weighted by Gasteiger charge is 2.20. The maximum atomic E-state index is 14.3. The standard InChI is InChI=1S/C23H29FN2O4/c1-28-21-9-8-18(16-22(21)29-2)17-26(11-5-10-25-12-14-30-15-13-25)23(27)19-6-3-4-7-20(19)24/h3-4,6-9,16H,5,10-15,17H2,1-2H3. The van der Waals surface area contributed by atoms with Crippen molar-refractivity contribution < 1.29 is 23.4 Å². The van der Waals surface area contributed by atoms with Crippen LogP contribution in [0.2, 0.25) is 0 Å². The molecule has 1 heterocycles. The average molecular weight is 416 g/mol. The van der Waals surface area contributed by atoms with Crippen molar-refractivity contribution in [3.63, 3.8) is 0 Å². The molecule has 0 spiro atoms. The van der Waals surface area contributed by atoms with Crippen molar-refractivity contribution in [2.75, 3.05) is 53.6 Å². The van der Waals surface area contributed by atoms with Crippen molar-refractivity contribution in [1.29, 1.82) is 0 Å². The smallest absolute Gasteiger partial charge is 0.257 e. The van der Waals surface area contributed by atoms with Crippen LogP contribution in [0.25, 0.3) is 0 Å². The number of methoxy groups -OCH3 is 2. The fraction of sp³-hybridized carbons (Fsp3) is 0.435. The largest absolute Gasteiger partial charge is 0.493 e. The Kier molecular flexibility index (Phi) is 8.04. The molecule has 0 aliphatic carbocycles. The zero-order chi connectivity index (χ0) is 21.3. The Morgan fingerprint density at radius 3 is 2.53 bits per heavy atom. The van der Waals surface area contributed by atoms with Gasteiger partial charge in [0, 0.05) is 32.7 Å². The van der Waals surface area contributed by atoms with Crippen molar-refractivity contribution in [3.8, 4) is 11.5 Å². The number of nitrogens with zero attached hydrogens (tertiary/aromatic N) is 2. The van der Waals surface area contributed by atoms with Crippen LogP contribution < -0.4 is 9.47 Å². The highest BCUT2D eigenvalue weighted by atomic mass is 19.1. The maximum absolute atomic E-state index is 14.3. The Balaban J connectivity index is 1.74. The van der Waals surface area contributed by atoms with Gasteiger partial charge in [-0.1, -0.05) is 18.2 Å². The minimum atomic E-state index is -0.506. The van der Waals surface area contributed by atoms with Gasteiger partial charge in [0.25, 0.3) is 5.91 Å². The first kappa shape index (κ1) is 22.1. The number of amides is 1. The Hall–Kier alpha value is -2.64. The molecule has 1 aliphatic heterocycles. The first-order chi connectivity index (χ1) is 14.6. The second-order valence-corrected chi connectivity index (χ2v) is 7.20. The summed E-state index contributed by atoms with van der Waals surface area (Å²) in [4.78, 5) is 17.1. The fourth-order valence-electron chi connectivity index (χ4n) is 3.57. The lowest BCUT2D eigenvalue weighted by atomic mass is 10.1. The van der Waals surface area contributed by atoms with Crippen LogP contribution in [0.15, 0.2) is 42.5 Å². The van der Waals surface area contributed by atoms with E-state index in [9.17, 15) is 9.18 Å². The third kappa shape index (κ3) is 5.70. The summed E-state index contributed by atoms with van der Waals surface area (Å²) in [6, 6.07) is 11.7. The summed E-state index contributed by atoms with van der Waals surface area (Å²) in [7, 11) is 3.16. The average Bonchev–Trinajstić information content (AvgIpc) is 2.79. The van der Waals surface area contributed by atoms with Crippen LogP contribution in [-0.2, 0) is 11.3 Å². The van der Waals surface area contributed by atoms with E-state index in [0.29, 0.717) is 24.6 Å². The first-order valence-electron chi connectivity index (χ1n) is 10.2. The summed E-state index contributed by atoms with van der Waals surface area (Å²) >= 11 is 0. The molecule has 1 aliphatic rings. The number of benzene rings is 2. The highest BCUT2D eigenvalue weighted by Crippen LogP contribution is 2.28. The van der Waals surface area contributed by atoms with Gasteiger partial charge in [-0.25, -0.2) is 4.39 Å². The molecule has 1 amide bonds. The molecule has 1 saturated heterocycles. The summed E-state index contributed by atoms with van der Waals surface area (Å²) < 4.78 is 30.3. The normalized spacial score (nSPS) is 14.4. The predicted octanol–water partition coefficient (Wildman–Crippen LogP) is 3.21. The van der Waals surface area contributed by atoms with Gasteiger partial charge in [-0.3, -0.25) is 9.69 Å². The van der Waals surface area contributed by atoms with Gasteiger partial charge in [0.05, 0.1) is 33.0 Å². The molecule has 0 N–H and O–H groups in total. The molecule has 0 atom stereocenters. The number of hydrogen-bond donors (Lipinski definition) is 0. The van der Waals surface area contributed by atoms with Gasteiger partial charge in [0.1, 0.15) is 5.82 Å². The van der Waals surface area contributed by atoms with E-state index in [-0.39, 0.29) is 11.5 Å². The molecule has 2 aromatic carbocycles. The monoisotopic (exact) mass is 416 g/mol. The summed E-state index contributed by atoms with van der Waals surface area (Å²) in [5.74, 6) is 0.403. The fourth-order valence-corrected chi connectivity index (χ4v) is 3.57. The maximum Gasteiger partial charge on any atom is 0.257 e. The van der Waals surface area contributed by atoms with E-state index in [2.05, 4.69) is 4.90 Å². The van der Waals surface area contributed by atoms with E-state index in [1.54, 1.807) is 31.3 Å². The van der Waals surface area contributed by atoms with Crippen molar-refractivity contribution in [2.45, 2.75) is 13.0 Å². The SMILES string of the molecule is COc1ccc(CN(CCCN2CCOCC2)C(=O)c2ccccc2F)cc1OC. The molecule has 7 heteroatoms. The molecule has 162 valence electrons. The second kappa shape index (κ2) is 10.9. The summed E-state index contributed by atoms with van der Waals surface area (Å²) in [5.41, 5.74) is 0.980. The summed E-state index contributed by atoms with van der Waals surface area (Å²) in [6.07, 6.45) is 0.799. The number of halogens is 1.